The minimum Gasteiger partial charge on any atom is -0.480 e. The Morgan fingerprint density at radius 1 is 0.812 bits per heavy atom. The number of benzene rings is 3. The number of rotatable bonds is 9. The molecule has 32 heavy (non-hydrogen) atoms. The number of hydrogen-bond acceptors (Lipinski definition) is 3. The van der Waals surface area contributed by atoms with Gasteiger partial charge in [0.15, 0.2) is 6.10 Å². The zero-order valence-corrected chi connectivity index (χ0v) is 18.8. The van der Waals surface area contributed by atoms with Crippen molar-refractivity contribution in [2.24, 2.45) is 0 Å². The fourth-order valence-electron chi connectivity index (χ4n) is 3.38. The van der Waals surface area contributed by atoms with Crippen LogP contribution in [0.2, 0.25) is 0 Å². The number of hydrogen-bond donors (Lipinski definition) is 2. The molecule has 0 aliphatic carbocycles. The quantitative estimate of drug-likeness (QED) is 0.422. The van der Waals surface area contributed by atoms with Crippen molar-refractivity contribution in [1.29, 1.82) is 0 Å². The zero-order valence-electron chi connectivity index (χ0n) is 18.8. The first-order chi connectivity index (χ1) is 15.5. The number of anilines is 2. The van der Waals surface area contributed by atoms with Gasteiger partial charge in [0.05, 0.1) is 0 Å². The molecule has 0 aliphatic heterocycles. The van der Waals surface area contributed by atoms with Gasteiger partial charge in [0.2, 0.25) is 0 Å². The maximum absolute atomic E-state index is 12.9. The van der Waals surface area contributed by atoms with Crippen molar-refractivity contribution in [3.63, 3.8) is 0 Å². The molecule has 5 heteroatoms. The molecule has 2 amide bonds. The van der Waals surface area contributed by atoms with Crippen molar-refractivity contribution >= 4 is 23.2 Å². The number of carbonyl (C=O) groups excluding carboxylic acids is 2. The molecule has 3 aromatic rings. The second kappa shape index (κ2) is 11.1. The molecule has 0 fully saturated rings. The summed E-state index contributed by atoms with van der Waals surface area (Å²) in [4.78, 5) is 25.3. The highest BCUT2D eigenvalue weighted by Gasteiger charge is 2.21. The Balaban J connectivity index is 1.68. The van der Waals surface area contributed by atoms with E-state index in [4.69, 9.17) is 4.74 Å². The highest BCUT2D eigenvalue weighted by atomic mass is 16.5. The van der Waals surface area contributed by atoms with E-state index in [-0.39, 0.29) is 11.8 Å². The second-order valence-electron chi connectivity index (χ2n) is 7.75. The molecule has 2 N–H and O–H groups in total. The molecule has 0 saturated heterocycles. The number of carbonyl (C=O) groups is 2. The van der Waals surface area contributed by atoms with Gasteiger partial charge in [-0.2, -0.15) is 0 Å². The SMILES string of the molecule is CCC(Oc1ccccc1C(C)CC)C(=O)Nc1cccc(NC(=O)c2ccccc2)c1. The molecular weight excluding hydrogens is 400 g/mol. The lowest BCUT2D eigenvalue weighted by Crippen LogP contribution is -2.32. The van der Waals surface area contributed by atoms with Crippen LogP contribution in [0, 0.1) is 0 Å². The van der Waals surface area contributed by atoms with E-state index in [0.717, 1.165) is 17.7 Å². The third-order valence-corrected chi connectivity index (χ3v) is 5.42. The number of para-hydroxylation sites is 1. The van der Waals surface area contributed by atoms with Crippen LogP contribution in [0.1, 0.15) is 55.5 Å². The Kier molecular flexibility index (Phi) is 8.03. The van der Waals surface area contributed by atoms with Gasteiger partial charge in [-0.1, -0.05) is 63.2 Å². The van der Waals surface area contributed by atoms with Crippen LogP contribution in [-0.4, -0.2) is 17.9 Å². The topological polar surface area (TPSA) is 67.4 Å². The first-order valence-electron chi connectivity index (χ1n) is 11.0. The molecule has 0 aromatic heterocycles. The van der Waals surface area contributed by atoms with E-state index in [9.17, 15) is 9.59 Å². The van der Waals surface area contributed by atoms with E-state index in [2.05, 4.69) is 24.5 Å². The molecule has 0 heterocycles. The predicted octanol–water partition coefficient (Wildman–Crippen LogP) is 6.25. The number of nitrogens with one attached hydrogen (secondary N) is 2. The predicted molar refractivity (Wildman–Crippen MR) is 129 cm³/mol. The van der Waals surface area contributed by atoms with Crippen LogP contribution in [-0.2, 0) is 4.79 Å². The van der Waals surface area contributed by atoms with Gasteiger partial charge in [-0.3, -0.25) is 9.59 Å². The summed E-state index contributed by atoms with van der Waals surface area (Å²) in [6, 6.07) is 24.0. The average molecular weight is 431 g/mol. The summed E-state index contributed by atoms with van der Waals surface area (Å²) in [7, 11) is 0. The summed E-state index contributed by atoms with van der Waals surface area (Å²) < 4.78 is 6.12. The van der Waals surface area contributed by atoms with Gasteiger partial charge >= 0.3 is 0 Å². The molecule has 3 rings (SSSR count). The Hall–Kier alpha value is -3.60. The highest BCUT2D eigenvalue weighted by molar-refractivity contribution is 6.04. The summed E-state index contributed by atoms with van der Waals surface area (Å²) in [6.45, 7) is 6.21. The average Bonchev–Trinajstić information content (AvgIpc) is 2.83. The Morgan fingerprint density at radius 3 is 2.16 bits per heavy atom. The van der Waals surface area contributed by atoms with Crippen molar-refractivity contribution in [1.82, 2.24) is 0 Å². The lowest BCUT2D eigenvalue weighted by Gasteiger charge is -2.21. The Bertz CT molecular complexity index is 1050. The summed E-state index contributed by atoms with van der Waals surface area (Å²) in [5, 5.41) is 5.77. The fourth-order valence-corrected chi connectivity index (χ4v) is 3.38. The van der Waals surface area contributed by atoms with E-state index in [1.54, 1.807) is 36.4 Å². The van der Waals surface area contributed by atoms with E-state index in [0.29, 0.717) is 29.3 Å². The smallest absolute Gasteiger partial charge is 0.265 e. The first kappa shape index (κ1) is 23.1. The van der Waals surface area contributed by atoms with Gasteiger partial charge < -0.3 is 15.4 Å². The van der Waals surface area contributed by atoms with Gasteiger partial charge in [-0.15, -0.1) is 0 Å². The minimum atomic E-state index is -0.622. The number of ether oxygens (including phenoxy) is 1. The van der Waals surface area contributed by atoms with Crippen LogP contribution in [0.15, 0.2) is 78.9 Å². The molecule has 0 aliphatic rings. The first-order valence-corrected chi connectivity index (χ1v) is 11.0. The summed E-state index contributed by atoms with van der Waals surface area (Å²) in [6.07, 6.45) is 0.901. The van der Waals surface area contributed by atoms with Gasteiger partial charge in [0.1, 0.15) is 5.75 Å². The van der Waals surface area contributed by atoms with E-state index >= 15 is 0 Å². The van der Waals surface area contributed by atoms with Crippen LogP contribution in [0.5, 0.6) is 5.75 Å². The lowest BCUT2D eigenvalue weighted by atomic mass is 9.98. The zero-order chi connectivity index (χ0) is 22.9. The van der Waals surface area contributed by atoms with Crippen LogP contribution in [0.4, 0.5) is 11.4 Å². The molecule has 0 bridgehead atoms. The van der Waals surface area contributed by atoms with Crippen molar-refractivity contribution in [2.75, 3.05) is 10.6 Å². The molecule has 3 aromatic carbocycles. The fraction of sp³-hybridized carbons (Fsp3) is 0.259. The van der Waals surface area contributed by atoms with Crippen LogP contribution >= 0.6 is 0 Å². The molecule has 2 atom stereocenters. The van der Waals surface area contributed by atoms with Gasteiger partial charge in [-0.05, 0) is 60.7 Å². The third-order valence-electron chi connectivity index (χ3n) is 5.42. The van der Waals surface area contributed by atoms with Gasteiger partial charge in [0, 0.05) is 16.9 Å². The summed E-state index contributed by atoms with van der Waals surface area (Å²) in [5.41, 5.74) is 2.87. The normalized spacial score (nSPS) is 12.5. The maximum Gasteiger partial charge on any atom is 0.265 e. The maximum atomic E-state index is 12.9. The van der Waals surface area contributed by atoms with Gasteiger partial charge in [-0.25, -0.2) is 0 Å². The van der Waals surface area contributed by atoms with Crippen LogP contribution < -0.4 is 15.4 Å². The van der Waals surface area contributed by atoms with Crippen molar-refractivity contribution < 1.29 is 14.3 Å². The molecule has 0 radical (unpaired) electrons. The van der Waals surface area contributed by atoms with Crippen LogP contribution in [0.25, 0.3) is 0 Å². The van der Waals surface area contributed by atoms with Crippen molar-refractivity contribution in [3.05, 3.63) is 90.0 Å². The molecule has 0 saturated carbocycles. The second-order valence-corrected chi connectivity index (χ2v) is 7.75. The number of amides is 2. The van der Waals surface area contributed by atoms with E-state index in [1.807, 2.05) is 49.4 Å². The van der Waals surface area contributed by atoms with E-state index < -0.39 is 6.10 Å². The molecule has 5 nitrogen and oxygen atoms in total. The van der Waals surface area contributed by atoms with Gasteiger partial charge in [0.25, 0.3) is 11.8 Å². The Labute approximate surface area is 189 Å². The minimum absolute atomic E-state index is 0.203. The monoisotopic (exact) mass is 430 g/mol. The summed E-state index contributed by atoms with van der Waals surface area (Å²) in [5.74, 6) is 0.660. The van der Waals surface area contributed by atoms with Crippen molar-refractivity contribution in [2.45, 2.75) is 45.6 Å². The van der Waals surface area contributed by atoms with E-state index in [1.165, 1.54) is 0 Å². The van der Waals surface area contributed by atoms with Crippen LogP contribution in [0.3, 0.4) is 0 Å². The largest absolute Gasteiger partial charge is 0.480 e. The third kappa shape index (κ3) is 5.97. The standard InChI is InChI=1S/C27H30N2O3/c1-4-19(3)23-16-9-10-17-25(23)32-24(5-2)27(31)29-22-15-11-14-21(18-22)28-26(30)20-12-7-6-8-13-20/h6-19,24H,4-5H2,1-3H3,(H,28,30)(H,29,31). The molecule has 166 valence electrons. The van der Waals surface area contributed by atoms with Crippen molar-refractivity contribution in [3.8, 4) is 5.75 Å². The molecule has 2 unspecified atom stereocenters. The highest BCUT2D eigenvalue weighted by Crippen LogP contribution is 2.29. The molecular formula is C27H30N2O3. The Morgan fingerprint density at radius 2 is 1.47 bits per heavy atom. The lowest BCUT2D eigenvalue weighted by molar-refractivity contribution is -0.122. The molecule has 0 spiro atoms. The summed E-state index contributed by atoms with van der Waals surface area (Å²) >= 11 is 0.